The van der Waals surface area contributed by atoms with Crippen molar-refractivity contribution in [2.75, 3.05) is 13.1 Å². The number of hydrogen-bond donors (Lipinski definition) is 2. The quantitative estimate of drug-likeness (QED) is 0.364. The van der Waals surface area contributed by atoms with Gasteiger partial charge < -0.3 is 20.1 Å². The number of hydrogen-bond acceptors (Lipinski definition) is 5. The molecule has 1 aliphatic rings. The molecular weight excluding hydrogens is 523 g/mol. The number of ether oxygens (including phenoxy) is 1. The van der Waals surface area contributed by atoms with Gasteiger partial charge in [-0.2, -0.15) is 5.10 Å². The van der Waals surface area contributed by atoms with E-state index < -0.39 is 29.7 Å². The van der Waals surface area contributed by atoms with Gasteiger partial charge in [-0.1, -0.05) is 29.8 Å². The topological polar surface area (TPSA) is 96.7 Å². The highest BCUT2D eigenvalue weighted by molar-refractivity contribution is 6.33. The lowest BCUT2D eigenvalue weighted by Gasteiger charge is -2.24. The van der Waals surface area contributed by atoms with Crippen molar-refractivity contribution in [2.24, 2.45) is 0 Å². The Bertz CT molecular complexity index is 1550. The van der Waals surface area contributed by atoms with Crippen molar-refractivity contribution in [3.8, 4) is 16.9 Å². The third-order valence-corrected chi connectivity index (χ3v) is 6.73. The van der Waals surface area contributed by atoms with Crippen LogP contribution in [0.1, 0.15) is 31.1 Å². The Labute approximate surface area is 229 Å². The molecule has 1 aliphatic heterocycles. The van der Waals surface area contributed by atoms with Crippen LogP contribution in [0.4, 0.5) is 9.18 Å². The number of likely N-dealkylation sites (tertiary alicyclic amines) is 1. The normalized spacial score (nSPS) is 17.4. The molecule has 202 valence electrons. The molecular formula is C29H28ClFN4O4. The van der Waals surface area contributed by atoms with Crippen molar-refractivity contribution in [2.45, 2.75) is 38.5 Å². The average molecular weight is 551 g/mol. The Kier molecular flexibility index (Phi) is 7.05. The lowest BCUT2D eigenvalue weighted by atomic mass is 10.1. The molecule has 2 amide bonds. The summed E-state index contributed by atoms with van der Waals surface area (Å²) < 4.78 is 20.7. The number of aliphatic hydroxyl groups excluding tert-OH is 1. The van der Waals surface area contributed by atoms with Gasteiger partial charge in [-0.25, -0.2) is 13.9 Å². The van der Waals surface area contributed by atoms with E-state index in [0.29, 0.717) is 27.5 Å². The molecule has 0 spiro atoms. The van der Waals surface area contributed by atoms with E-state index in [0.717, 1.165) is 10.9 Å². The Balaban J connectivity index is 1.46. The van der Waals surface area contributed by atoms with Crippen LogP contribution >= 0.6 is 11.6 Å². The summed E-state index contributed by atoms with van der Waals surface area (Å²) in [6.07, 6.45) is -1.49. The first-order valence-corrected chi connectivity index (χ1v) is 12.9. The molecule has 2 N–H and O–H groups in total. The molecule has 0 bridgehead atoms. The van der Waals surface area contributed by atoms with Crippen LogP contribution in [0.15, 0.2) is 66.7 Å². The van der Waals surface area contributed by atoms with Gasteiger partial charge in [0, 0.05) is 23.1 Å². The van der Waals surface area contributed by atoms with Crippen LogP contribution in [0.3, 0.4) is 0 Å². The van der Waals surface area contributed by atoms with Gasteiger partial charge in [0.2, 0.25) is 0 Å². The predicted molar refractivity (Wildman–Crippen MR) is 147 cm³/mol. The minimum atomic E-state index is -0.943. The molecule has 5 rings (SSSR count). The molecule has 2 atom stereocenters. The number of β-amino-alcohol motifs (C(OH)–C–C–N with tert-alkyl or cyclic N) is 1. The second-order valence-corrected chi connectivity index (χ2v) is 10.9. The smallest absolute Gasteiger partial charge is 0.410 e. The zero-order chi connectivity index (χ0) is 27.9. The second-order valence-electron chi connectivity index (χ2n) is 10.5. The van der Waals surface area contributed by atoms with E-state index in [4.69, 9.17) is 21.4 Å². The van der Waals surface area contributed by atoms with Gasteiger partial charge in [-0.3, -0.25) is 4.79 Å². The summed E-state index contributed by atoms with van der Waals surface area (Å²) in [6.45, 7) is 5.47. The summed E-state index contributed by atoms with van der Waals surface area (Å²) in [6, 6.07) is 17.7. The molecule has 1 saturated heterocycles. The first kappa shape index (κ1) is 26.6. The van der Waals surface area contributed by atoms with E-state index in [-0.39, 0.29) is 18.9 Å². The third-order valence-electron chi connectivity index (χ3n) is 6.40. The van der Waals surface area contributed by atoms with Crippen molar-refractivity contribution in [1.82, 2.24) is 20.0 Å². The fourth-order valence-electron chi connectivity index (χ4n) is 4.54. The Hall–Kier alpha value is -3.95. The first-order chi connectivity index (χ1) is 18.5. The van der Waals surface area contributed by atoms with Crippen molar-refractivity contribution in [3.63, 3.8) is 0 Å². The number of benzene rings is 3. The summed E-state index contributed by atoms with van der Waals surface area (Å²) >= 11 is 6.47. The number of aliphatic hydroxyl groups is 1. The number of rotatable bonds is 4. The number of nitrogens with zero attached hydrogens (tertiary/aromatic N) is 3. The summed E-state index contributed by atoms with van der Waals surface area (Å²) in [5, 5.41) is 19.4. The summed E-state index contributed by atoms with van der Waals surface area (Å²) in [5.41, 5.74) is 2.22. The average Bonchev–Trinajstić information content (AvgIpc) is 3.44. The monoisotopic (exact) mass is 550 g/mol. The van der Waals surface area contributed by atoms with Crippen LogP contribution in [-0.4, -0.2) is 62.6 Å². The standard InChI is InChI=1S/C29H28ClFN4O4/c1-29(2,3)39-28(38)34-15-23(25(36)16-34)32-27(37)17-8-13-21-24(14-17)35(19-11-9-18(31)10-12-19)33-26(21)20-6-4-5-7-22(20)30/h4-14,23,25,36H,15-16H2,1-3H3,(H,32,37)/t23-,25-/m1/s1. The van der Waals surface area contributed by atoms with Gasteiger partial charge in [0.1, 0.15) is 17.1 Å². The van der Waals surface area contributed by atoms with Crippen molar-refractivity contribution < 1.29 is 23.8 Å². The lowest BCUT2D eigenvalue weighted by Crippen LogP contribution is -2.43. The molecule has 0 radical (unpaired) electrons. The van der Waals surface area contributed by atoms with Crippen LogP contribution < -0.4 is 5.32 Å². The van der Waals surface area contributed by atoms with E-state index in [1.807, 2.05) is 18.2 Å². The summed E-state index contributed by atoms with van der Waals surface area (Å²) in [4.78, 5) is 27.1. The van der Waals surface area contributed by atoms with E-state index in [1.54, 1.807) is 61.9 Å². The van der Waals surface area contributed by atoms with Crippen molar-refractivity contribution in [1.29, 1.82) is 0 Å². The second kappa shape index (κ2) is 10.3. The Morgan fingerprint density at radius 1 is 1.08 bits per heavy atom. The maximum absolute atomic E-state index is 13.6. The van der Waals surface area contributed by atoms with Gasteiger partial charge in [0.15, 0.2) is 0 Å². The van der Waals surface area contributed by atoms with Gasteiger partial charge in [0.05, 0.1) is 34.9 Å². The van der Waals surface area contributed by atoms with Gasteiger partial charge in [-0.15, -0.1) is 0 Å². The highest BCUT2D eigenvalue weighted by Crippen LogP contribution is 2.34. The number of carbonyl (C=O) groups excluding carboxylic acids is 2. The molecule has 3 aromatic carbocycles. The molecule has 4 aromatic rings. The molecule has 10 heteroatoms. The molecule has 0 aliphatic carbocycles. The molecule has 1 aromatic heterocycles. The lowest BCUT2D eigenvalue weighted by molar-refractivity contribution is 0.0269. The molecule has 8 nitrogen and oxygen atoms in total. The van der Waals surface area contributed by atoms with Crippen LogP contribution in [0.5, 0.6) is 0 Å². The number of aromatic nitrogens is 2. The van der Waals surface area contributed by atoms with Crippen LogP contribution in [-0.2, 0) is 4.74 Å². The Morgan fingerprint density at radius 2 is 1.79 bits per heavy atom. The predicted octanol–water partition coefficient (Wildman–Crippen LogP) is 5.20. The maximum Gasteiger partial charge on any atom is 0.410 e. The fraction of sp³-hybridized carbons (Fsp3) is 0.276. The maximum atomic E-state index is 13.6. The van der Waals surface area contributed by atoms with Gasteiger partial charge >= 0.3 is 6.09 Å². The van der Waals surface area contributed by atoms with E-state index in [2.05, 4.69) is 5.32 Å². The molecule has 0 unspecified atom stereocenters. The van der Waals surface area contributed by atoms with Crippen LogP contribution in [0, 0.1) is 5.82 Å². The number of carbonyl (C=O) groups is 2. The van der Waals surface area contributed by atoms with Crippen molar-refractivity contribution in [3.05, 3.63) is 83.1 Å². The number of fused-ring (bicyclic) bond motifs is 1. The van der Waals surface area contributed by atoms with E-state index >= 15 is 0 Å². The number of halogens is 2. The van der Waals surface area contributed by atoms with Crippen LogP contribution in [0.25, 0.3) is 27.8 Å². The molecule has 0 saturated carbocycles. The zero-order valence-corrected chi connectivity index (χ0v) is 22.4. The first-order valence-electron chi connectivity index (χ1n) is 12.5. The van der Waals surface area contributed by atoms with Crippen LogP contribution in [0.2, 0.25) is 5.02 Å². The SMILES string of the molecule is CC(C)(C)OC(=O)N1C[C@@H](O)[C@H](NC(=O)c2ccc3c(-c4ccccc4Cl)nn(-c4ccc(F)cc4)c3c2)C1. The van der Waals surface area contributed by atoms with E-state index in [1.165, 1.54) is 17.0 Å². The minimum Gasteiger partial charge on any atom is -0.444 e. The highest BCUT2D eigenvalue weighted by Gasteiger charge is 2.37. The molecule has 1 fully saturated rings. The number of amides is 2. The summed E-state index contributed by atoms with van der Waals surface area (Å²) in [5.74, 6) is -0.796. The van der Waals surface area contributed by atoms with E-state index in [9.17, 15) is 19.1 Å². The molecule has 39 heavy (non-hydrogen) atoms. The Morgan fingerprint density at radius 3 is 2.49 bits per heavy atom. The minimum absolute atomic E-state index is 0.0530. The zero-order valence-electron chi connectivity index (χ0n) is 21.7. The molecule has 2 heterocycles. The van der Waals surface area contributed by atoms with Gasteiger partial charge in [-0.05, 0) is 69.3 Å². The highest BCUT2D eigenvalue weighted by atomic mass is 35.5. The summed E-state index contributed by atoms with van der Waals surface area (Å²) in [7, 11) is 0. The third kappa shape index (κ3) is 5.60. The largest absolute Gasteiger partial charge is 0.444 e. The fourth-order valence-corrected chi connectivity index (χ4v) is 4.77. The van der Waals surface area contributed by atoms with Crippen molar-refractivity contribution >= 4 is 34.5 Å². The van der Waals surface area contributed by atoms with Gasteiger partial charge in [0.25, 0.3) is 5.91 Å². The number of nitrogens with one attached hydrogen (secondary N) is 1.